The summed E-state index contributed by atoms with van der Waals surface area (Å²) in [4.78, 5) is 30.7. The van der Waals surface area contributed by atoms with Gasteiger partial charge in [0.15, 0.2) is 0 Å². The predicted octanol–water partition coefficient (Wildman–Crippen LogP) is 6.17. The molecule has 220 valence electrons. The number of pyridine rings is 1. The van der Waals surface area contributed by atoms with Crippen molar-refractivity contribution in [3.63, 3.8) is 0 Å². The fourth-order valence-corrected chi connectivity index (χ4v) is 5.40. The number of likely N-dealkylation sites (N-methyl/N-ethyl adjacent to an activating group) is 1. The third kappa shape index (κ3) is 5.62. The Labute approximate surface area is 243 Å². The number of nitrogens with one attached hydrogen (secondary N) is 2. The molecule has 1 saturated carbocycles. The number of amides is 2. The Morgan fingerprint density at radius 1 is 1.00 bits per heavy atom. The van der Waals surface area contributed by atoms with Crippen molar-refractivity contribution in [2.45, 2.75) is 36.8 Å². The van der Waals surface area contributed by atoms with Crippen LogP contribution in [0, 0.1) is 5.82 Å². The molecule has 4 aromatic rings. The summed E-state index contributed by atoms with van der Waals surface area (Å²) in [5.41, 5.74) is 1.43. The van der Waals surface area contributed by atoms with Crippen LogP contribution in [0.1, 0.15) is 52.0 Å². The number of fused-ring (bicyclic) bond motifs is 1. The quantitative estimate of drug-likeness (QED) is 0.251. The highest BCUT2D eigenvalue weighted by Crippen LogP contribution is 2.49. The van der Waals surface area contributed by atoms with Gasteiger partial charge in [-0.1, -0.05) is 24.3 Å². The van der Waals surface area contributed by atoms with Gasteiger partial charge in [0.25, 0.3) is 5.91 Å². The van der Waals surface area contributed by atoms with Crippen LogP contribution in [-0.2, 0) is 10.3 Å². The lowest BCUT2D eigenvalue weighted by Crippen LogP contribution is -2.35. The zero-order valence-electron chi connectivity index (χ0n) is 22.7. The van der Waals surface area contributed by atoms with Gasteiger partial charge >= 0.3 is 6.36 Å². The summed E-state index contributed by atoms with van der Waals surface area (Å²) >= 11 is 0. The molecule has 1 aliphatic heterocycles. The van der Waals surface area contributed by atoms with Gasteiger partial charge in [-0.2, -0.15) is 0 Å². The number of ether oxygens (including phenoxy) is 2. The summed E-state index contributed by atoms with van der Waals surface area (Å²) in [6, 6.07) is 19.3. The first kappa shape index (κ1) is 28.2. The second kappa shape index (κ2) is 10.7. The molecule has 2 aliphatic rings. The van der Waals surface area contributed by atoms with Gasteiger partial charge in [-0.3, -0.25) is 14.6 Å². The number of nitrogens with zero attached hydrogens (tertiary/aromatic N) is 1. The Morgan fingerprint density at radius 2 is 1.77 bits per heavy atom. The van der Waals surface area contributed by atoms with Crippen LogP contribution in [0.25, 0.3) is 11.1 Å². The maximum Gasteiger partial charge on any atom is 0.573 e. The zero-order valence-corrected chi connectivity index (χ0v) is 22.7. The maximum absolute atomic E-state index is 13.6. The van der Waals surface area contributed by atoms with Gasteiger partial charge in [0.05, 0.1) is 11.2 Å². The van der Waals surface area contributed by atoms with Crippen LogP contribution in [-0.4, -0.2) is 30.2 Å². The van der Waals surface area contributed by atoms with E-state index in [0.29, 0.717) is 35.4 Å². The van der Waals surface area contributed by atoms with E-state index in [9.17, 15) is 27.2 Å². The molecule has 6 rings (SSSR count). The first-order valence-electron chi connectivity index (χ1n) is 13.5. The monoisotopic (exact) mass is 591 g/mol. The molecule has 3 aromatic carbocycles. The van der Waals surface area contributed by atoms with Crippen LogP contribution in [0.5, 0.6) is 11.5 Å². The van der Waals surface area contributed by atoms with Crippen molar-refractivity contribution in [1.29, 1.82) is 0 Å². The van der Waals surface area contributed by atoms with Crippen LogP contribution >= 0.6 is 0 Å². The first-order chi connectivity index (χ1) is 20.6. The number of rotatable bonds is 7. The minimum Gasteiger partial charge on any atom is -0.484 e. The van der Waals surface area contributed by atoms with E-state index in [-0.39, 0.29) is 16.7 Å². The molecule has 0 bridgehead atoms. The van der Waals surface area contributed by atoms with Gasteiger partial charge in [-0.15, -0.1) is 13.2 Å². The average molecular weight is 592 g/mol. The molecule has 1 fully saturated rings. The third-order valence-corrected chi connectivity index (χ3v) is 7.67. The Hall–Kier alpha value is -4.93. The smallest absolute Gasteiger partial charge is 0.484 e. The molecule has 1 aromatic heterocycles. The summed E-state index contributed by atoms with van der Waals surface area (Å²) in [7, 11) is 1.46. The first-order valence-corrected chi connectivity index (χ1v) is 13.5. The number of benzene rings is 3. The second-order valence-electron chi connectivity index (χ2n) is 10.4. The zero-order chi connectivity index (χ0) is 30.4. The van der Waals surface area contributed by atoms with Gasteiger partial charge in [0, 0.05) is 29.9 Å². The average Bonchev–Trinajstić information content (AvgIpc) is 3.68. The van der Waals surface area contributed by atoms with E-state index in [4.69, 9.17) is 4.74 Å². The van der Waals surface area contributed by atoms with E-state index in [1.165, 1.54) is 49.5 Å². The van der Waals surface area contributed by atoms with Gasteiger partial charge in [0.2, 0.25) is 5.91 Å². The lowest BCUT2D eigenvalue weighted by molar-refractivity contribution is -0.274. The van der Waals surface area contributed by atoms with Crippen LogP contribution in [0.15, 0.2) is 85.1 Å². The van der Waals surface area contributed by atoms with Crippen molar-refractivity contribution in [1.82, 2.24) is 15.6 Å². The Morgan fingerprint density at radius 3 is 2.42 bits per heavy atom. The largest absolute Gasteiger partial charge is 0.573 e. The standard InChI is InChI=1S/C32H25F4N3O4/c1-37-30(41)27-23-16-19(7-11-24(23)42-28(27)18-5-9-21(33)10-6-18)22-17-20(8-12-25(22)43-32(34,35)36)29(40)39-31(13-14-31)26-4-2-3-15-38-26/h2-12,15-17,27-28H,13-14H2,1H3,(H,37,41)(H,39,40). The van der Waals surface area contributed by atoms with Gasteiger partial charge in [-0.25, -0.2) is 4.39 Å². The highest BCUT2D eigenvalue weighted by molar-refractivity contribution is 5.97. The molecule has 11 heteroatoms. The number of carbonyl (C=O) groups excluding carboxylic acids is 2. The predicted molar refractivity (Wildman–Crippen MR) is 148 cm³/mol. The lowest BCUT2D eigenvalue weighted by Gasteiger charge is -2.19. The Kier molecular flexibility index (Phi) is 7.03. The molecule has 2 unspecified atom stereocenters. The molecule has 7 nitrogen and oxygen atoms in total. The van der Waals surface area contributed by atoms with Gasteiger partial charge in [-0.05, 0) is 78.6 Å². The highest BCUT2D eigenvalue weighted by atomic mass is 19.4. The molecule has 43 heavy (non-hydrogen) atoms. The van der Waals surface area contributed by atoms with Crippen LogP contribution in [0.3, 0.4) is 0 Å². The molecule has 0 saturated heterocycles. The fourth-order valence-electron chi connectivity index (χ4n) is 5.40. The normalized spacial score (nSPS) is 18.3. The summed E-state index contributed by atoms with van der Waals surface area (Å²) in [6.07, 6.45) is -2.80. The topological polar surface area (TPSA) is 89.6 Å². The van der Waals surface area contributed by atoms with Crippen molar-refractivity contribution in [3.05, 3.63) is 113 Å². The number of alkyl halides is 3. The fraction of sp³-hybridized carbons (Fsp3) is 0.219. The summed E-state index contributed by atoms with van der Waals surface area (Å²) in [5.74, 6) is -2.37. The number of carbonyl (C=O) groups is 2. The molecule has 2 heterocycles. The summed E-state index contributed by atoms with van der Waals surface area (Å²) in [6.45, 7) is 0. The van der Waals surface area contributed by atoms with Gasteiger partial charge in [0.1, 0.15) is 29.3 Å². The van der Waals surface area contributed by atoms with Crippen molar-refractivity contribution in [3.8, 4) is 22.6 Å². The van der Waals surface area contributed by atoms with E-state index in [1.807, 2.05) is 12.1 Å². The molecule has 2 atom stereocenters. The Bertz CT molecular complexity index is 1690. The van der Waals surface area contributed by atoms with Crippen LogP contribution < -0.4 is 20.1 Å². The maximum atomic E-state index is 13.6. The van der Waals surface area contributed by atoms with Gasteiger partial charge < -0.3 is 20.1 Å². The number of hydrogen-bond donors (Lipinski definition) is 2. The molecular formula is C32H25F4N3O4. The minimum atomic E-state index is -4.99. The van der Waals surface area contributed by atoms with Crippen LogP contribution in [0.2, 0.25) is 0 Å². The number of hydrogen-bond acceptors (Lipinski definition) is 5. The second-order valence-corrected chi connectivity index (χ2v) is 10.4. The van der Waals surface area contributed by atoms with E-state index < -0.39 is 47.3 Å². The summed E-state index contributed by atoms with van der Waals surface area (Å²) < 4.78 is 64.2. The third-order valence-electron chi connectivity index (χ3n) is 7.67. The van der Waals surface area contributed by atoms with Crippen molar-refractivity contribution >= 4 is 11.8 Å². The minimum absolute atomic E-state index is 0.00338. The van der Waals surface area contributed by atoms with E-state index in [2.05, 4.69) is 20.4 Å². The van der Waals surface area contributed by atoms with E-state index in [1.54, 1.807) is 24.4 Å². The van der Waals surface area contributed by atoms with Crippen LogP contribution in [0.4, 0.5) is 17.6 Å². The summed E-state index contributed by atoms with van der Waals surface area (Å²) in [5, 5.41) is 5.58. The van der Waals surface area contributed by atoms with Crippen molar-refractivity contribution in [2.75, 3.05) is 7.05 Å². The molecule has 2 amide bonds. The van der Waals surface area contributed by atoms with E-state index in [0.717, 1.165) is 6.07 Å². The lowest BCUT2D eigenvalue weighted by atomic mass is 9.88. The highest BCUT2D eigenvalue weighted by Gasteiger charge is 2.47. The van der Waals surface area contributed by atoms with E-state index >= 15 is 0 Å². The molecule has 1 aliphatic carbocycles. The van der Waals surface area contributed by atoms with Crippen molar-refractivity contribution < 1.29 is 36.6 Å². The number of halogens is 4. The number of aromatic nitrogens is 1. The Balaban J connectivity index is 1.38. The SMILES string of the molecule is CNC(=O)C1c2cc(-c3cc(C(=O)NC4(c5ccccn5)CC4)ccc3OC(F)(F)F)ccc2OC1c1ccc(F)cc1. The molecule has 0 radical (unpaired) electrons. The molecule has 2 N–H and O–H groups in total. The molecular weight excluding hydrogens is 566 g/mol. The molecule has 0 spiro atoms. The van der Waals surface area contributed by atoms with Crippen molar-refractivity contribution in [2.24, 2.45) is 0 Å².